The summed E-state index contributed by atoms with van der Waals surface area (Å²) in [5.41, 5.74) is 2.76. The van der Waals surface area contributed by atoms with Crippen LogP contribution in [-0.2, 0) is 9.84 Å². The van der Waals surface area contributed by atoms with Crippen LogP contribution >= 0.6 is 0 Å². The highest BCUT2D eigenvalue weighted by Gasteiger charge is 2.24. The van der Waals surface area contributed by atoms with Crippen LogP contribution in [0.4, 0.5) is 0 Å². The zero-order chi connectivity index (χ0) is 19.4. The standard InChI is InChI=1S/C21H26N2O3S/c1-16-8-10-17(11-9-16)20(23-12-3-4-13-23)15-22-21(24)18-6-5-7-19(14-18)27(2,25)26/h5-11,14,20H,3-4,12-13,15H2,1-2H3,(H,22,24). The van der Waals surface area contributed by atoms with Gasteiger partial charge in [0.15, 0.2) is 9.84 Å². The number of likely N-dealkylation sites (tertiary alicyclic amines) is 1. The quantitative estimate of drug-likeness (QED) is 0.829. The Hall–Kier alpha value is -2.18. The Morgan fingerprint density at radius 1 is 1.11 bits per heavy atom. The molecule has 1 aliphatic rings. The molecule has 2 aromatic rings. The van der Waals surface area contributed by atoms with Crippen molar-refractivity contribution in [3.63, 3.8) is 0 Å². The minimum absolute atomic E-state index is 0.121. The van der Waals surface area contributed by atoms with Gasteiger partial charge in [0, 0.05) is 18.4 Å². The van der Waals surface area contributed by atoms with Crippen LogP contribution in [-0.4, -0.2) is 45.1 Å². The van der Waals surface area contributed by atoms with Gasteiger partial charge >= 0.3 is 0 Å². The minimum Gasteiger partial charge on any atom is -0.350 e. The van der Waals surface area contributed by atoms with E-state index in [4.69, 9.17) is 0 Å². The van der Waals surface area contributed by atoms with Crippen molar-refractivity contribution >= 4 is 15.7 Å². The Kier molecular flexibility index (Phi) is 5.97. The first-order chi connectivity index (χ1) is 12.8. The predicted octanol–water partition coefficient (Wildman–Crippen LogP) is 2.97. The zero-order valence-corrected chi connectivity index (χ0v) is 16.6. The van der Waals surface area contributed by atoms with Crippen molar-refractivity contribution in [2.75, 3.05) is 25.9 Å². The smallest absolute Gasteiger partial charge is 0.251 e. The number of nitrogens with one attached hydrogen (secondary N) is 1. The summed E-state index contributed by atoms with van der Waals surface area (Å²) in [6.45, 7) is 4.60. The van der Waals surface area contributed by atoms with E-state index in [1.54, 1.807) is 12.1 Å². The van der Waals surface area contributed by atoms with Crippen molar-refractivity contribution in [2.24, 2.45) is 0 Å². The molecule has 1 unspecified atom stereocenters. The summed E-state index contributed by atoms with van der Waals surface area (Å²) in [5, 5.41) is 2.99. The van der Waals surface area contributed by atoms with Crippen LogP contribution in [0.15, 0.2) is 53.4 Å². The van der Waals surface area contributed by atoms with E-state index in [9.17, 15) is 13.2 Å². The van der Waals surface area contributed by atoms with Gasteiger partial charge in [-0.1, -0.05) is 35.9 Å². The maximum atomic E-state index is 12.6. The molecule has 27 heavy (non-hydrogen) atoms. The molecule has 1 heterocycles. The molecular formula is C21H26N2O3S. The lowest BCUT2D eigenvalue weighted by molar-refractivity contribution is 0.0937. The molecule has 1 atom stereocenters. The molecule has 3 rings (SSSR count). The van der Waals surface area contributed by atoms with Gasteiger partial charge in [0.25, 0.3) is 5.91 Å². The molecule has 0 bridgehead atoms. The van der Waals surface area contributed by atoms with Gasteiger partial charge < -0.3 is 5.32 Å². The number of hydrogen-bond donors (Lipinski definition) is 1. The summed E-state index contributed by atoms with van der Waals surface area (Å²) in [6.07, 6.45) is 3.49. The summed E-state index contributed by atoms with van der Waals surface area (Å²) in [4.78, 5) is 15.2. The van der Waals surface area contributed by atoms with Crippen LogP contribution in [0.2, 0.25) is 0 Å². The topological polar surface area (TPSA) is 66.5 Å². The SMILES string of the molecule is Cc1ccc(C(CNC(=O)c2cccc(S(C)(=O)=O)c2)N2CCCC2)cc1. The second-order valence-electron chi connectivity index (χ2n) is 7.18. The van der Waals surface area contributed by atoms with E-state index < -0.39 is 9.84 Å². The lowest BCUT2D eigenvalue weighted by Gasteiger charge is -2.28. The zero-order valence-electron chi connectivity index (χ0n) is 15.8. The van der Waals surface area contributed by atoms with Crippen molar-refractivity contribution in [2.45, 2.75) is 30.7 Å². The van der Waals surface area contributed by atoms with Crippen LogP contribution < -0.4 is 5.32 Å². The fraction of sp³-hybridized carbons (Fsp3) is 0.381. The normalized spacial score (nSPS) is 16.2. The van der Waals surface area contributed by atoms with E-state index in [0.29, 0.717) is 12.1 Å². The molecule has 1 saturated heterocycles. The van der Waals surface area contributed by atoms with Crippen LogP contribution in [0.3, 0.4) is 0 Å². The van der Waals surface area contributed by atoms with E-state index in [-0.39, 0.29) is 16.8 Å². The third-order valence-electron chi connectivity index (χ3n) is 5.02. The van der Waals surface area contributed by atoms with Gasteiger partial charge in [-0.25, -0.2) is 8.42 Å². The monoisotopic (exact) mass is 386 g/mol. The molecule has 1 aliphatic heterocycles. The number of aryl methyl sites for hydroxylation is 1. The Balaban J connectivity index is 1.75. The number of carbonyl (C=O) groups excluding carboxylic acids is 1. The van der Waals surface area contributed by atoms with Gasteiger partial charge in [-0.2, -0.15) is 0 Å². The second-order valence-corrected chi connectivity index (χ2v) is 9.20. The Bertz CT molecular complexity index is 901. The van der Waals surface area contributed by atoms with Gasteiger partial charge in [-0.15, -0.1) is 0 Å². The maximum Gasteiger partial charge on any atom is 0.251 e. The van der Waals surface area contributed by atoms with Crippen LogP contribution in [0.1, 0.15) is 40.4 Å². The number of amides is 1. The molecule has 1 N–H and O–H groups in total. The molecule has 5 nitrogen and oxygen atoms in total. The fourth-order valence-electron chi connectivity index (χ4n) is 3.46. The van der Waals surface area contributed by atoms with Crippen molar-refractivity contribution < 1.29 is 13.2 Å². The van der Waals surface area contributed by atoms with E-state index in [1.165, 1.54) is 36.1 Å². The molecule has 0 saturated carbocycles. The third-order valence-corrected chi connectivity index (χ3v) is 6.13. The lowest BCUT2D eigenvalue weighted by Crippen LogP contribution is -2.36. The fourth-order valence-corrected chi connectivity index (χ4v) is 4.13. The first-order valence-corrected chi connectivity index (χ1v) is 11.1. The maximum absolute atomic E-state index is 12.6. The summed E-state index contributed by atoms with van der Waals surface area (Å²) < 4.78 is 23.4. The van der Waals surface area contributed by atoms with Crippen LogP contribution in [0.5, 0.6) is 0 Å². The molecule has 0 spiro atoms. The van der Waals surface area contributed by atoms with Gasteiger partial charge in [0.2, 0.25) is 0 Å². The molecule has 144 valence electrons. The number of carbonyl (C=O) groups is 1. The Morgan fingerprint density at radius 2 is 1.78 bits per heavy atom. The Morgan fingerprint density at radius 3 is 2.41 bits per heavy atom. The van der Waals surface area contributed by atoms with E-state index in [0.717, 1.165) is 19.3 Å². The van der Waals surface area contributed by atoms with Crippen molar-refractivity contribution in [3.8, 4) is 0 Å². The third kappa shape index (κ3) is 4.96. The molecule has 6 heteroatoms. The number of hydrogen-bond acceptors (Lipinski definition) is 4. The van der Waals surface area contributed by atoms with E-state index >= 15 is 0 Å². The summed E-state index contributed by atoms with van der Waals surface area (Å²) >= 11 is 0. The number of sulfone groups is 1. The molecule has 0 aliphatic carbocycles. The lowest BCUT2D eigenvalue weighted by atomic mass is 10.0. The average molecular weight is 387 g/mol. The molecule has 0 radical (unpaired) electrons. The second kappa shape index (κ2) is 8.23. The van der Waals surface area contributed by atoms with Gasteiger partial charge in [0.1, 0.15) is 0 Å². The molecule has 0 aromatic heterocycles. The average Bonchev–Trinajstić information content (AvgIpc) is 3.17. The Labute approximate surface area is 161 Å². The first-order valence-electron chi connectivity index (χ1n) is 9.23. The highest BCUT2D eigenvalue weighted by molar-refractivity contribution is 7.90. The van der Waals surface area contributed by atoms with Gasteiger partial charge in [0.05, 0.1) is 10.9 Å². The predicted molar refractivity (Wildman–Crippen MR) is 107 cm³/mol. The van der Waals surface area contributed by atoms with Crippen LogP contribution in [0, 0.1) is 6.92 Å². The number of rotatable bonds is 6. The molecule has 1 fully saturated rings. The highest BCUT2D eigenvalue weighted by Crippen LogP contribution is 2.25. The van der Waals surface area contributed by atoms with Gasteiger partial charge in [-0.05, 0) is 56.6 Å². The van der Waals surface area contributed by atoms with E-state index in [2.05, 4.69) is 41.4 Å². The minimum atomic E-state index is -3.34. The summed E-state index contributed by atoms with van der Waals surface area (Å²) in [6, 6.07) is 14.7. The van der Waals surface area contributed by atoms with Crippen molar-refractivity contribution in [1.29, 1.82) is 0 Å². The number of benzene rings is 2. The first kappa shape index (κ1) is 19.6. The van der Waals surface area contributed by atoms with Crippen molar-refractivity contribution in [3.05, 3.63) is 65.2 Å². The van der Waals surface area contributed by atoms with Crippen LogP contribution in [0.25, 0.3) is 0 Å². The van der Waals surface area contributed by atoms with Gasteiger partial charge in [-0.3, -0.25) is 9.69 Å². The highest BCUT2D eigenvalue weighted by atomic mass is 32.2. The number of nitrogens with zero attached hydrogens (tertiary/aromatic N) is 1. The summed E-state index contributed by atoms with van der Waals surface area (Å²) in [5.74, 6) is -0.253. The largest absolute Gasteiger partial charge is 0.350 e. The summed E-state index contributed by atoms with van der Waals surface area (Å²) in [7, 11) is -3.34. The molecule has 1 amide bonds. The molecule has 2 aromatic carbocycles. The van der Waals surface area contributed by atoms with E-state index in [1.807, 2.05) is 0 Å². The molecular weight excluding hydrogens is 360 g/mol. The van der Waals surface area contributed by atoms with Crippen molar-refractivity contribution in [1.82, 2.24) is 10.2 Å².